The number of ether oxygens (including phenoxy) is 2. The van der Waals surface area contributed by atoms with Crippen molar-refractivity contribution in [3.63, 3.8) is 0 Å². The maximum atomic E-state index is 13.2. The van der Waals surface area contributed by atoms with Gasteiger partial charge in [0, 0.05) is 35.8 Å². The second-order valence-electron chi connectivity index (χ2n) is 14.8. The van der Waals surface area contributed by atoms with Crippen molar-refractivity contribution in [1.29, 1.82) is 0 Å². The molecule has 0 aromatic heterocycles. The topological polar surface area (TPSA) is 103 Å². The molecule has 5 fully saturated rings. The number of aliphatic hydroxyl groups is 2. The third-order valence-corrected chi connectivity index (χ3v) is 11.3. The van der Waals surface area contributed by atoms with E-state index in [0.29, 0.717) is 13.0 Å². The number of carbonyl (C=O) groups is 1. The van der Waals surface area contributed by atoms with E-state index in [0.717, 1.165) is 65.0 Å². The Morgan fingerprint density at radius 3 is 2.11 bits per heavy atom. The molecule has 3 aromatic carbocycles. The van der Waals surface area contributed by atoms with Gasteiger partial charge in [0.1, 0.15) is 0 Å². The number of nitrogens with one attached hydrogen (secondary N) is 2. The predicted octanol–water partition coefficient (Wildman–Crippen LogP) is 6.87. The van der Waals surface area contributed by atoms with Gasteiger partial charge in [0.05, 0.1) is 24.9 Å². The summed E-state index contributed by atoms with van der Waals surface area (Å²) in [6.07, 6.45) is 6.44. The Bertz CT molecular complexity index is 1460. The molecule has 4 bridgehead atoms. The lowest BCUT2D eigenvalue weighted by Crippen LogP contribution is -2.60. The van der Waals surface area contributed by atoms with Crippen LogP contribution in [0.2, 0.25) is 0 Å². The lowest BCUT2D eigenvalue weighted by molar-refractivity contribution is -0.253. The molecule has 0 radical (unpaired) electrons. The minimum absolute atomic E-state index is 0.00641. The van der Waals surface area contributed by atoms with Crippen LogP contribution in [0, 0.1) is 17.8 Å². The number of hydrogen-bond donors (Lipinski definition) is 4. The molecule has 250 valence electrons. The smallest absolute Gasteiger partial charge is 0.319 e. The third-order valence-electron chi connectivity index (χ3n) is 11.3. The molecule has 2 amide bonds. The van der Waals surface area contributed by atoms with Gasteiger partial charge in [-0.05, 0) is 99.1 Å². The molecule has 5 aliphatic rings. The number of rotatable bonds is 10. The first-order valence-electron chi connectivity index (χ1n) is 17.4. The zero-order chi connectivity index (χ0) is 32.5. The van der Waals surface area contributed by atoms with Crippen molar-refractivity contribution in [3.05, 3.63) is 101 Å². The number of urea groups is 1. The van der Waals surface area contributed by atoms with Crippen LogP contribution in [-0.4, -0.2) is 52.4 Å². The largest absolute Gasteiger partial charge is 0.392 e. The third kappa shape index (κ3) is 7.27. The van der Waals surface area contributed by atoms with Gasteiger partial charge in [-0.3, -0.25) is 4.90 Å². The van der Waals surface area contributed by atoms with E-state index in [1.807, 2.05) is 92.8 Å². The molecule has 1 heterocycles. The summed E-state index contributed by atoms with van der Waals surface area (Å²) >= 11 is 0. The first-order chi connectivity index (χ1) is 22.8. The maximum Gasteiger partial charge on any atom is 0.319 e. The molecule has 0 unspecified atom stereocenters. The minimum Gasteiger partial charge on any atom is -0.392 e. The van der Waals surface area contributed by atoms with Crippen LogP contribution in [0.25, 0.3) is 0 Å². The van der Waals surface area contributed by atoms with Crippen molar-refractivity contribution in [2.75, 3.05) is 18.9 Å². The van der Waals surface area contributed by atoms with Gasteiger partial charge in [-0.1, -0.05) is 66.7 Å². The van der Waals surface area contributed by atoms with Gasteiger partial charge in [0.25, 0.3) is 0 Å². The summed E-state index contributed by atoms with van der Waals surface area (Å²) in [5.74, 6) is 2.32. The van der Waals surface area contributed by atoms with Crippen molar-refractivity contribution < 1.29 is 24.5 Å². The molecular weight excluding hydrogens is 590 g/mol. The monoisotopic (exact) mass is 639 g/mol. The summed E-state index contributed by atoms with van der Waals surface area (Å²) in [5, 5.41) is 27.1. The molecule has 8 heteroatoms. The van der Waals surface area contributed by atoms with Crippen LogP contribution in [-0.2, 0) is 16.1 Å². The molecule has 47 heavy (non-hydrogen) atoms. The van der Waals surface area contributed by atoms with E-state index in [2.05, 4.69) is 15.5 Å². The SMILES string of the molecule is C[C@@H]([C@H](O)c1ccccc1)N(C)C[C@H]1C[C@@H](c2ccc(CO)cc2)O[C@@H](c2ccc(NC(=O)NC34CC5CC(CC(C5)C3)C4)cc2)O1. The van der Waals surface area contributed by atoms with Crippen molar-refractivity contribution in [1.82, 2.24) is 10.2 Å². The van der Waals surface area contributed by atoms with Crippen LogP contribution in [0.3, 0.4) is 0 Å². The molecule has 5 atom stereocenters. The van der Waals surface area contributed by atoms with E-state index in [4.69, 9.17) is 9.47 Å². The molecule has 4 N–H and O–H groups in total. The highest BCUT2D eigenvalue weighted by Gasteiger charge is 2.51. The number of hydrogen-bond acceptors (Lipinski definition) is 6. The first kappa shape index (κ1) is 32.3. The van der Waals surface area contributed by atoms with Gasteiger partial charge in [0.15, 0.2) is 6.29 Å². The highest BCUT2D eigenvalue weighted by molar-refractivity contribution is 5.89. The summed E-state index contributed by atoms with van der Waals surface area (Å²) in [6.45, 7) is 2.64. The van der Waals surface area contributed by atoms with E-state index >= 15 is 0 Å². The number of carbonyl (C=O) groups excluding carboxylic acids is 1. The van der Waals surface area contributed by atoms with Gasteiger partial charge >= 0.3 is 6.03 Å². The number of benzene rings is 3. The van der Waals surface area contributed by atoms with Gasteiger partial charge in [0.2, 0.25) is 0 Å². The van der Waals surface area contributed by atoms with Crippen LogP contribution in [0.15, 0.2) is 78.9 Å². The summed E-state index contributed by atoms with van der Waals surface area (Å²) in [5.41, 5.74) is 4.35. The molecule has 1 aliphatic heterocycles. The van der Waals surface area contributed by atoms with Gasteiger partial charge in [-0.15, -0.1) is 0 Å². The fourth-order valence-corrected chi connectivity index (χ4v) is 9.08. The van der Waals surface area contributed by atoms with Crippen LogP contribution < -0.4 is 10.6 Å². The Balaban J connectivity index is 1.02. The number of anilines is 1. The van der Waals surface area contributed by atoms with Crippen LogP contribution in [0.5, 0.6) is 0 Å². The predicted molar refractivity (Wildman–Crippen MR) is 181 cm³/mol. The van der Waals surface area contributed by atoms with Crippen molar-refractivity contribution in [2.45, 2.75) is 94.7 Å². The fraction of sp³-hybridized carbons (Fsp3) is 0.513. The quantitative estimate of drug-likeness (QED) is 0.193. The highest BCUT2D eigenvalue weighted by Crippen LogP contribution is 2.55. The number of likely N-dealkylation sites (N-methyl/N-ethyl adjacent to an activating group) is 1. The fourth-order valence-electron chi connectivity index (χ4n) is 9.08. The summed E-state index contributed by atoms with van der Waals surface area (Å²) < 4.78 is 13.1. The molecule has 8 nitrogen and oxygen atoms in total. The maximum absolute atomic E-state index is 13.2. The van der Waals surface area contributed by atoms with Crippen molar-refractivity contribution in [3.8, 4) is 0 Å². The Morgan fingerprint density at radius 2 is 1.49 bits per heavy atom. The Labute approximate surface area is 278 Å². The summed E-state index contributed by atoms with van der Waals surface area (Å²) in [6, 6.07) is 25.1. The van der Waals surface area contributed by atoms with Crippen LogP contribution in [0.1, 0.15) is 92.6 Å². The second kappa shape index (κ2) is 13.7. The summed E-state index contributed by atoms with van der Waals surface area (Å²) in [7, 11) is 2.02. The second-order valence-corrected chi connectivity index (χ2v) is 14.8. The van der Waals surface area contributed by atoms with Gasteiger partial charge in [-0.25, -0.2) is 4.79 Å². The van der Waals surface area contributed by atoms with E-state index in [1.54, 1.807) is 0 Å². The zero-order valence-corrected chi connectivity index (χ0v) is 27.6. The molecule has 4 aliphatic carbocycles. The van der Waals surface area contributed by atoms with Gasteiger partial charge in [-0.2, -0.15) is 0 Å². The average Bonchev–Trinajstić information content (AvgIpc) is 3.07. The van der Waals surface area contributed by atoms with Gasteiger partial charge < -0.3 is 30.3 Å². The Morgan fingerprint density at radius 1 is 0.872 bits per heavy atom. The first-order valence-corrected chi connectivity index (χ1v) is 17.4. The minimum atomic E-state index is -0.626. The standard InChI is InChI=1S/C39H49N3O5/c1-25(36(44)31-6-4-3-5-7-31)42(2)23-34-19-35(30-10-8-26(24-43)9-11-30)47-37(46-34)32-12-14-33(15-13-32)40-38(45)41-39-20-27-16-28(21-39)18-29(17-27)22-39/h3-15,25,27-29,34-37,43-44H,16-24H2,1-2H3,(H2,40,41,45)/t25-,27?,28?,29?,34+,35-,36-,37-,39?/m0/s1. The molecule has 4 saturated carbocycles. The lowest BCUT2D eigenvalue weighted by atomic mass is 9.53. The average molecular weight is 640 g/mol. The molecule has 3 aromatic rings. The molecular formula is C39H49N3O5. The van der Waals surface area contributed by atoms with Crippen LogP contribution >= 0.6 is 0 Å². The van der Waals surface area contributed by atoms with Crippen molar-refractivity contribution >= 4 is 11.7 Å². The van der Waals surface area contributed by atoms with E-state index in [-0.39, 0.29) is 36.4 Å². The highest BCUT2D eigenvalue weighted by atomic mass is 16.7. The van der Waals surface area contributed by atoms with E-state index in [1.165, 1.54) is 19.3 Å². The summed E-state index contributed by atoms with van der Waals surface area (Å²) in [4.78, 5) is 15.3. The molecule has 0 spiro atoms. The zero-order valence-electron chi connectivity index (χ0n) is 27.6. The molecule has 8 rings (SSSR count). The van der Waals surface area contributed by atoms with Crippen molar-refractivity contribution in [2.24, 2.45) is 17.8 Å². The Kier molecular flexibility index (Phi) is 9.40. The van der Waals surface area contributed by atoms with Crippen LogP contribution in [0.4, 0.5) is 10.5 Å². The van der Waals surface area contributed by atoms with E-state index in [9.17, 15) is 15.0 Å². The molecule has 1 saturated heterocycles. The lowest BCUT2D eigenvalue weighted by Gasteiger charge is -2.56. The number of nitrogens with zero attached hydrogens (tertiary/aromatic N) is 1. The van der Waals surface area contributed by atoms with E-state index < -0.39 is 12.4 Å². The normalized spacial score (nSPS) is 31.0. The Hall–Kier alpha value is -3.27. The number of aliphatic hydroxyl groups excluding tert-OH is 2. The number of amides is 2.